The van der Waals surface area contributed by atoms with Crippen LogP contribution in [0.15, 0.2) is 0 Å². The summed E-state index contributed by atoms with van der Waals surface area (Å²) in [4.78, 5) is 9.56. The fraction of sp³-hybridized carbons (Fsp3) is 0.889. The molecule has 0 heterocycles. The quantitative estimate of drug-likeness (QED) is 0.493. The zero-order chi connectivity index (χ0) is 8.95. The first-order chi connectivity index (χ1) is 5.33. The number of nitrogens with two attached hydrogens (primary N) is 1. The molecule has 0 aromatic rings. The summed E-state index contributed by atoms with van der Waals surface area (Å²) in [5, 5.41) is 0. The number of carbonyl (C=O) groups is 1. The van der Waals surface area contributed by atoms with E-state index in [1.165, 1.54) is 12.8 Å². The monoisotopic (exact) mass is 159 g/mol. The molecule has 0 saturated heterocycles. The van der Waals surface area contributed by atoms with Crippen molar-refractivity contribution in [1.29, 1.82) is 0 Å². The van der Waals surface area contributed by atoms with Gasteiger partial charge in [0.1, 0.15) is 6.29 Å². The van der Waals surface area contributed by atoms with Crippen molar-refractivity contribution in [3.8, 4) is 0 Å². The first-order valence-electron chi connectivity index (χ1n) is 4.47. The molecule has 2 N–H and O–H groups in total. The standard InChI is InChI=1S/C5H10O.C4H11N/c1-2-3-4-5-6;1-2-3-4-5/h5H,2-4H2,1H3;2-5H2,1H3. The predicted molar refractivity (Wildman–Crippen MR) is 49.6 cm³/mol. The van der Waals surface area contributed by atoms with Crippen molar-refractivity contribution >= 4 is 6.29 Å². The summed E-state index contributed by atoms with van der Waals surface area (Å²) < 4.78 is 0. The van der Waals surface area contributed by atoms with Crippen LogP contribution in [0.5, 0.6) is 0 Å². The van der Waals surface area contributed by atoms with Gasteiger partial charge in [-0.2, -0.15) is 0 Å². The molecule has 0 atom stereocenters. The molecule has 0 radical (unpaired) electrons. The van der Waals surface area contributed by atoms with Crippen molar-refractivity contribution in [1.82, 2.24) is 0 Å². The average molecular weight is 159 g/mol. The summed E-state index contributed by atoms with van der Waals surface area (Å²) in [5.41, 5.74) is 5.14. The Bertz CT molecular complexity index is 62.6. The van der Waals surface area contributed by atoms with Gasteiger partial charge in [-0.05, 0) is 19.4 Å². The number of unbranched alkanes of at least 4 members (excludes halogenated alkanes) is 3. The molecule has 0 unspecified atom stereocenters. The molecule has 0 amide bonds. The van der Waals surface area contributed by atoms with Crippen LogP contribution in [0.2, 0.25) is 0 Å². The second kappa shape index (κ2) is 16.3. The summed E-state index contributed by atoms with van der Waals surface area (Å²) in [6, 6.07) is 0. The summed E-state index contributed by atoms with van der Waals surface area (Å²) in [5.74, 6) is 0. The van der Waals surface area contributed by atoms with E-state index < -0.39 is 0 Å². The number of aldehydes is 1. The van der Waals surface area contributed by atoms with E-state index in [0.717, 1.165) is 32.1 Å². The van der Waals surface area contributed by atoms with Crippen LogP contribution in [0.3, 0.4) is 0 Å². The highest BCUT2D eigenvalue weighted by atomic mass is 16.1. The Morgan fingerprint density at radius 2 is 1.73 bits per heavy atom. The van der Waals surface area contributed by atoms with Gasteiger partial charge in [-0.3, -0.25) is 0 Å². The fourth-order valence-corrected chi connectivity index (χ4v) is 0.492. The Balaban J connectivity index is 0. The second-order valence-corrected chi connectivity index (χ2v) is 2.45. The van der Waals surface area contributed by atoms with Gasteiger partial charge >= 0.3 is 0 Å². The molecule has 68 valence electrons. The maximum absolute atomic E-state index is 9.56. The van der Waals surface area contributed by atoms with Gasteiger partial charge in [0.25, 0.3) is 0 Å². The molecular weight excluding hydrogens is 138 g/mol. The molecule has 0 rings (SSSR count). The predicted octanol–water partition coefficient (Wildman–Crippen LogP) is 2.12. The van der Waals surface area contributed by atoms with Gasteiger partial charge in [0.05, 0.1) is 0 Å². The first-order valence-corrected chi connectivity index (χ1v) is 4.47. The Hall–Kier alpha value is -0.370. The van der Waals surface area contributed by atoms with E-state index in [-0.39, 0.29) is 0 Å². The van der Waals surface area contributed by atoms with Crippen molar-refractivity contribution in [2.75, 3.05) is 6.54 Å². The molecule has 0 saturated carbocycles. The van der Waals surface area contributed by atoms with Crippen molar-refractivity contribution in [2.24, 2.45) is 5.73 Å². The Morgan fingerprint density at radius 1 is 1.18 bits per heavy atom. The molecule has 0 fully saturated rings. The molecule has 0 aromatic carbocycles. The molecular formula is C9H21NO. The molecule has 0 aliphatic rings. The molecule has 11 heavy (non-hydrogen) atoms. The second-order valence-electron chi connectivity index (χ2n) is 2.45. The minimum absolute atomic E-state index is 0.733. The highest BCUT2D eigenvalue weighted by Crippen LogP contribution is 1.87. The lowest BCUT2D eigenvalue weighted by Crippen LogP contribution is -1.95. The minimum Gasteiger partial charge on any atom is -0.330 e. The van der Waals surface area contributed by atoms with Gasteiger partial charge < -0.3 is 10.5 Å². The minimum atomic E-state index is 0.733. The molecule has 0 aliphatic heterocycles. The van der Waals surface area contributed by atoms with Crippen LogP contribution in [0.1, 0.15) is 46.0 Å². The number of hydrogen-bond donors (Lipinski definition) is 1. The van der Waals surface area contributed by atoms with Crippen LogP contribution in [-0.2, 0) is 4.79 Å². The third-order valence-corrected chi connectivity index (χ3v) is 1.23. The molecule has 2 heteroatoms. The van der Waals surface area contributed by atoms with E-state index in [0.29, 0.717) is 0 Å². The van der Waals surface area contributed by atoms with Crippen LogP contribution in [0.4, 0.5) is 0 Å². The van der Waals surface area contributed by atoms with Crippen molar-refractivity contribution in [3.63, 3.8) is 0 Å². The van der Waals surface area contributed by atoms with E-state index in [1.54, 1.807) is 0 Å². The summed E-state index contributed by atoms with van der Waals surface area (Å²) in [6.07, 6.45) is 6.25. The zero-order valence-electron chi connectivity index (χ0n) is 7.81. The largest absolute Gasteiger partial charge is 0.330 e. The lowest BCUT2D eigenvalue weighted by molar-refractivity contribution is -0.107. The van der Waals surface area contributed by atoms with Gasteiger partial charge in [-0.25, -0.2) is 0 Å². The topological polar surface area (TPSA) is 43.1 Å². The molecule has 0 spiro atoms. The summed E-state index contributed by atoms with van der Waals surface area (Å²) >= 11 is 0. The van der Waals surface area contributed by atoms with Gasteiger partial charge in [-0.15, -0.1) is 0 Å². The first kappa shape index (κ1) is 13.2. The van der Waals surface area contributed by atoms with E-state index in [9.17, 15) is 4.79 Å². The average Bonchev–Trinajstić information content (AvgIpc) is 2.04. The third kappa shape index (κ3) is 26.2. The van der Waals surface area contributed by atoms with Gasteiger partial charge in [0, 0.05) is 6.42 Å². The maximum atomic E-state index is 9.56. The van der Waals surface area contributed by atoms with E-state index in [1.807, 2.05) is 0 Å². The van der Waals surface area contributed by atoms with Crippen molar-refractivity contribution < 1.29 is 4.79 Å². The molecule has 0 aromatic heterocycles. The van der Waals surface area contributed by atoms with Crippen LogP contribution < -0.4 is 5.73 Å². The van der Waals surface area contributed by atoms with Gasteiger partial charge in [0.2, 0.25) is 0 Å². The van der Waals surface area contributed by atoms with Crippen molar-refractivity contribution in [2.45, 2.75) is 46.0 Å². The number of rotatable bonds is 5. The Kier molecular flexibility index (Phi) is 19.6. The lowest BCUT2D eigenvalue weighted by Gasteiger charge is -1.80. The number of carbonyl (C=O) groups excluding carboxylic acids is 1. The van der Waals surface area contributed by atoms with Crippen LogP contribution in [-0.4, -0.2) is 12.8 Å². The highest BCUT2D eigenvalue weighted by Gasteiger charge is 1.75. The SMILES string of the molecule is CCCCC=O.CCCCN. The Morgan fingerprint density at radius 3 is 1.82 bits per heavy atom. The van der Waals surface area contributed by atoms with Crippen LogP contribution in [0.25, 0.3) is 0 Å². The number of hydrogen-bond acceptors (Lipinski definition) is 2. The summed E-state index contributed by atoms with van der Waals surface area (Å²) in [7, 11) is 0. The summed E-state index contributed by atoms with van der Waals surface area (Å²) in [6.45, 7) is 5.05. The molecule has 2 nitrogen and oxygen atoms in total. The van der Waals surface area contributed by atoms with Gasteiger partial charge in [0.15, 0.2) is 0 Å². The van der Waals surface area contributed by atoms with E-state index in [2.05, 4.69) is 13.8 Å². The van der Waals surface area contributed by atoms with Crippen molar-refractivity contribution in [3.05, 3.63) is 0 Å². The highest BCUT2D eigenvalue weighted by molar-refractivity contribution is 5.48. The van der Waals surface area contributed by atoms with Crippen LogP contribution >= 0.6 is 0 Å². The molecule has 0 aliphatic carbocycles. The fourth-order valence-electron chi connectivity index (χ4n) is 0.492. The maximum Gasteiger partial charge on any atom is 0.119 e. The third-order valence-electron chi connectivity index (χ3n) is 1.23. The Labute approximate surface area is 70.2 Å². The van der Waals surface area contributed by atoms with Gasteiger partial charge in [-0.1, -0.05) is 26.7 Å². The molecule has 0 bridgehead atoms. The van der Waals surface area contributed by atoms with Crippen LogP contribution in [0, 0.1) is 0 Å². The van der Waals surface area contributed by atoms with E-state index >= 15 is 0 Å². The van der Waals surface area contributed by atoms with E-state index in [4.69, 9.17) is 5.73 Å². The normalized spacial score (nSPS) is 8.27. The lowest BCUT2D eigenvalue weighted by atomic mass is 10.3. The smallest absolute Gasteiger partial charge is 0.119 e. The zero-order valence-corrected chi connectivity index (χ0v) is 7.81.